The van der Waals surface area contributed by atoms with Crippen molar-refractivity contribution in [3.05, 3.63) is 59.9 Å². The number of rotatable bonds is 3. The van der Waals surface area contributed by atoms with Crippen LogP contribution in [0.5, 0.6) is 0 Å². The lowest BCUT2D eigenvalue weighted by molar-refractivity contribution is 0.229. The summed E-state index contributed by atoms with van der Waals surface area (Å²) >= 11 is 0. The molecule has 0 radical (unpaired) electrons. The van der Waals surface area contributed by atoms with Crippen LogP contribution in [-0.2, 0) is 0 Å². The van der Waals surface area contributed by atoms with Crippen molar-refractivity contribution in [2.24, 2.45) is 0 Å². The van der Waals surface area contributed by atoms with Crippen molar-refractivity contribution in [2.45, 2.75) is 13.0 Å². The molecule has 2 rings (SSSR count). The summed E-state index contributed by atoms with van der Waals surface area (Å²) in [6, 6.07) is 12.1. The van der Waals surface area contributed by atoms with Gasteiger partial charge in [0.05, 0.1) is 12.6 Å². The van der Waals surface area contributed by atoms with Gasteiger partial charge in [0.15, 0.2) is 0 Å². The summed E-state index contributed by atoms with van der Waals surface area (Å²) in [5.41, 5.74) is 2.10. The minimum Gasteiger partial charge on any atom is -0.394 e. The zero-order valence-corrected chi connectivity index (χ0v) is 12.2. The minimum atomic E-state index is -0.364. The van der Waals surface area contributed by atoms with Gasteiger partial charge < -0.3 is 15.7 Å². The molecular formula is C17H17N3O2. The molecule has 0 saturated carbocycles. The minimum absolute atomic E-state index is 0.108. The second kappa shape index (κ2) is 7.81. The predicted octanol–water partition coefficient (Wildman–Crippen LogP) is 1.98. The van der Waals surface area contributed by atoms with Crippen LogP contribution in [0.15, 0.2) is 48.7 Å². The molecular weight excluding hydrogens is 278 g/mol. The summed E-state index contributed by atoms with van der Waals surface area (Å²) in [4.78, 5) is 15.8. The largest absolute Gasteiger partial charge is 0.394 e. The van der Waals surface area contributed by atoms with E-state index in [1.165, 1.54) is 0 Å². The number of amides is 2. The Balaban J connectivity index is 2.04. The van der Waals surface area contributed by atoms with E-state index in [1.807, 2.05) is 30.3 Å². The molecule has 5 heteroatoms. The lowest BCUT2D eigenvalue weighted by Gasteiger charge is -2.12. The maximum absolute atomic E-state index is 11.7. The molecule has 0 spiro atoms. The highest BCUT2D eigenvalue weighted by molar-refractivity contribution is 5.89. The number of nitrogens with zero attached hydrogens (tertiary/aromatic N) is 1. The number of hydrogen-bond acceptors (Lipinski definition) is 3. The van der Waals surface area contributed by atoms with Crippen LogP contribution in [-0.4, -0.2) is 28.8 Å². The van der Waals surface area contributed by atoms with E-state index in [0.717, 1.165) is 5.56 Å². The normalized spacial score (nSPS) is 11.0. The van der Waals surface area contributed by atoms with E-state index in [4.69, 9.17) is 5.11 Å². The molecule has 1 aromatic carbocycles. The molecule has 0 aliphatic heterocycles. The van der Waals surface area contributed by atoms with Crippen LogP contribution in [0, 0.1) is 11.8 Å². The van der Waals surface area contributed by atoms with Crippen molar-refractivity contribution in [3.8, 4) is 11.8 Å². The van der Waals surface area contributed by atoms with E-state index in [1.54, 1.807) is 25.3 Å². The van der Waals surface area contributed by atoms with E-state index in [9.17, 15) is 4.79 Å². The summed E-state index contributed by atoms with van der Waals surface area (Å²) in [7, 11) is 0. The number of nitrogens with one attached hydrogen (secondary N) is 2. The van der Waals surface area contributed by atoms with Gasteiger partial charge in [-0.1, -0.05) is 18.1 Å². The first-order valence-electron chi connectivity index (χ1n) is 6.89. The van der Waals surface area contributed by atoms with Crippen molar-refractivity contribution >= 4 is 11.7 Å². The van der Waals surface area contributed by atoms with Crippen LogP contribution >= 0.6 is 0 Å². The number of urea groups is 1. The number of aliphatic hydroxyl groups excluding tert-OH is 1. The van der Waals surface area contributed by atoms with Gasteiger partial charge >= 0.3 is 6.03 Å². The SMILES string of the molecule is CC(CO)NC(=O)Nc1cccc(C#Cc2ccccn2)c1. The smallest absolute Gasteiger partial charge is 0.319 e. The van der Waals surface area contributed by atoms with Gasteiger partial charge in [-0.2, -0.15) is 0 Å². The molecule has 5 nitrogen and oxygen atoms in total. The summed E-state index contributed by atoms with van der Waals surface area (Å²) < 4.78 is 0. The third-order valence-electron chi connectivity index (χ3n) is 2.77. The molecule has 0 saturated heterocycles. The van der Waals surface area contributed by atoms with Gasteiger partial charge in [0.25, 0.3) is 0 Å². The monoisotopic (exact) mass is 295 g/mol. The molecule has 0 aliphatic rings. The standard InChI is InChI=1S/C17H17N3O2/c1-13(12-21)19-17(22)20-16-7-4-5-14(11-16)8-9-15-6-2-3-10-18-15/h2-7,10-11,13,21H,12H2,1H3,(H2,19,20,22). The van der Waals surface area contributed by atoms with E-state index < -0.39 is 0 Å². The number of benzene rings is 1. The lowest BCUT2D eigenvalue weighted by atomic mass is 10.2. The quantitative estimate of drug-likeness (QED) is 0.758. The van der Waals surface area contributed by atoms with Crippen LogP contribution in [0.3, 0.4) is 0 Å². The van der Waals surface area contributed by atoms with Gasteiger partial charge in [-0.3, -0.25) is 0 Å². The lowest BCUT2D eigenvalue weighted by Crippen LogP contribution is -2.38. The number of aromatic nitrogens is 1. The van der Waals surface area contributed by atoms with Crippen molar-refractivity contribution in [1.82, 2.24) is 10.3 Å². The van der Waals surface area contributed by atoms with E-state index in [0.29, 0.717) is 11.4 Å². The van der Waals surface area contributed by atoms with Crippen LogP contribution in [0.4, 0.5) is 10.5 Å². The molecule has 0 aliphatic carbocycles. The molecule has 0 fully saturated rings. The number of carbonyl (C=O) groups is 1. The number of pyridine rings is 1. The van der Waals surface area contributed by atoms with Crippen molar-refractivity contribution in [1.29, 1.82) is 0 Å². The van der Waals surface area contributed by atoms with E-state index in [-0.39, 0.29) is 18.7 Å². The number of anilines is 1. The van der Waals surface area contributed by atoms with E-state index >= 15 is 0 Å². The first-order valence-corrected chi connectivity index (χ1v) is 6.89. The van der Waals surface area contributed by atoms with Gasteiger partial charge in [-0.25, -0.2) is 9.78 Å². The summed E-state index contributed by atoms with van der Waals surface area (Å²) in [5, 5.41) is 14.2. The zero-order chi connectivity index (χ0) is 15.8. The predicted molar refractivity (Wildman–Crippen MR) is 85.4 cm³/mol. The molecule has 1 atom stereocenters. The average Bonchev–Trinajstić information content (AvgIpc) is 2.54. The van der Waals surface area contributed by atoms with Crippen molar-refractivity contribution < 1.29 is 9.90 Å². The molecule has 2 aromatic rings. The number of carbonyl (C=O) groups excluding carboxylic acids is 1. The number of hydrogen-bond donors (Lipinski definition) is 3. The van der Waals surface area contributed by atoms with Crippen LogP contribution in [0.1, 0.15) is 18.2 Å². The first kappa shape index (κ1) is 15.5. The topological polar surface area (TPSA) is 74.2 Å². The molecule has 1 heterocycles. The third kappa shape index (κ3) is 4.93. The van der Waals surface area contributed by atoms with Gasteiger partial charge in [0.1, 0.15) is 5.69 Å². The van der Waals surface area contributed by atoms with Gasteiger partial charge in [0.2, 0.25) is 0 Å². The Labute approximate surface area is 129 Å². The average molecular weight is 295 g/mol. The Morgan fingerprint density at radius 3 is 2.86 bits per heavy atom. The van der Waals surface area contributed by atoms with Gasteiger partial charge in [-0.15, -0.1) is 0 Å². The first-order chi connectivity index (χ1) is 10.7. The Morgan fingerprint density at radius 1 is 1.27 bits per heavy atom. The summed E-state index contributed by atoms with van der Waals surface area (Å²) in [6.45, 7) is 1.61. The molecule has 0 bridgehead atoms. The van der Waals surface area contributed by atoms with Crippen molar-refractivity contribution in [3.63, 3.8) is 0 Å². The summed E-state index contributed by atoms with van der Waals surface area (Å²) in [6.07, 6.45) is 1.69. The molecule has 2 amide bonds. The van der Waals surface area contributed by atoms with Crippen LogP contribution in [0.2, 0.25) is 0 Å². The Morgan fingerprint density at radius 2 is 2.14 bits per heavy atom. The Kier molecular flexibility index (Phi) is 5.52. The van der Waals surface area contributed by atoms with E-state index in [2.05, 4.69) is 27.5 Å². The Bertz CT molecular complexity index is 690. The van der Waals surface area contributed by atoms with Gasteiger partial charge in [-0.05, 0) is 43.2 Å². The molecule has 1 aromatic heterocycles. The van der Waals surface area contributed by atoms with Crippen LogP contribution in [0.25, 0.3) is 0 Å². The highest BCUT2D eigenvalue weighted by Crippen LogP contribution is 2.09. The fraction of sp³-hybridized carbons (Fsp3) is 0.176. The molecule has 3 N–H and O–H groups in total. The fourth-order valence-corrected chi connectivity index (χ4v) is 1.68. The van der Waals surface area contributed by atoms with Gasteiger partial charge in [0, 0.05) is 17.4 Å². The second-order valence-corrected chi connectivity index (χ2v) is 4.73. The highest BCUT2D eigenvalue weighted by atomic mass is 16.3. The maximum atomic E-state index is 11.7. The molecule has 112 valence electrons. The molecule has 22 heavy (non-hydrogen) atoms. The second-order valence-electron chi connectivity index (χ2n) is 4.73. The summed E-state index contributed by atoms with van der Waals surface area (Å²) in [5.74, 6) is 5.96. The fourth-order valence-electron chi connectivity index (χ4n) is 1.68. The molecule has 1 unspecified atom stereocenters. The third-order valence-corrected chi connectivity index (χ3v) is 2.77. The number of aliphatic hydroxyl groups is 1. The van der Waals surface area contributed by atoms with Crippen LogP contribution < -0.4 is 10.6 Å². The maximum Gasteiger partial charge on any atom is 0.319 e. The zero-order valence-electron chi connectivity index (χ0n) is 12.2. The Hall–Kier alpha value is -2.84. The van der Waals surface area contributed by atoms with Crippen molar-refractivity contribution in [2.75, 3.05) is 11.9 Å². The highest BCUT2D eigenvalue weighted by Gasteiger charge is 2.05.